The zero-order valence-corrected chi connectivity index (χ0v) is 13.3. The first-order valence-electron chi connectivity index (χ1n) is 6.56. The molecule has 21 heavy (non-hydrogen) atoms. The van der Waals surface area contributed by atoms with E-state index >= 15 is 0 Å². The summed E-state index contributed by atoms with van der Waals surface area (Å²) in [5.74, 6) is 0.171. The van der Waals surface area contributed by atoms with Gasteiger partial charge in [-0.3, -0.25) is 4.79 Å². The molecule has 0 unspecified atom stereocenters. The van der Waals surface area contributed by atoms with Crippen LogP contribution < -0.4 is 9.47 Å². The van der Waals surface area contributed by atoms with E-state index < -0.39 is 9.05 Å². The predicted octanol–water partition coefficient (Wildman–Crippen LogP) is 1.87. The lowest BCUT2D eigenvalue weighted by molar-refractivity contribution is 0.0762. The number of amides is 1. The van der Waals surface area contributed by atoms with Gasteiger partial charge in [0.25, 0.3) is 15.0 Å². The minimum absolute atomic E-state index is 0.148. The van der Waals surface area contributed by atoms with E-state index in [1.54, 1.807) is 4.90 Å². The highest BCUT2D eigenvalue weighted by molar-refractivity contribution is 8.13. The molecule has 0 bridgehead atoms. The van der Waals surface area contributed by atoms with Gasteiger partial charge in [0.15, 0.2) is 11.5 Å². The Kier molecular flexibility index (Phi) is 4.63. The van der Waals surface area contributed by atoms with Crippen LogP contribution in [0.3, 0.4) is 0 Å². The number of fused-ring (bicyclic) bond motifs is 1. The van der Waals surface area contributed by atoms with Gasteiger partial charge in [-0.1, -0.05) is 0 Å². The number of nitrogens with zero attached hydrogens (tertiary/aromatic N) is 1. The average Bonchev–Trinajstić information content (AvgIpc) is 2.46. The van der Waals surface area contributed by atoms with Gasteiger partial charge in [-0.05, 0) is 19.9 Å². The van der Waals surface area contributed by atoms with E-state index in [2.05, 4.69) is 0 Å². The molecule has 0 aromatic heterocycles. The summed E-state index contributed by atoms with van der Waals surface area (Å²) in [6.45, 7) is 5.28. The van der Waals surface area contributed by atoms with Gasteiger partial charge in [-0.2, -0.15) is 0 Å². The minimum atomic E-state index is -3.97. The van der Waals surface area contributed by atoms with Crippen molar-refractivity contribution >= 4 is 25.6 Å². The molecule has 1 heterocycles. The largest absolute Gasteiger partial charge is 0.486 e. The van der Waals surface area contributed by atoms with Crippen molar-refractivity contribution in [3.05, 3.63) is 17.7 Å². The lowest BCUT2D eigenvalue weighted by atomic mass is 10.1. The molecule has 0 atom stereocenters. The fourth-order valence-corrected chi connectivity index (χ4v) is 2.88. The second kappa shape index (κ2) is 6.11. The summed E-state index contributed by atoms with van der Waals surface area (Å²) in [5.41, 5.74) is 0.148. The summed E-state index contributed by atoms with van der Waals surface area (Å²) in [7, 11) is 1.41. The first-order chi connectivity index (χ1) is 9.88. The highest BCUT2D eigenvalue weighted by Gasteiger charge is 2.27. The van der Waals surface area contributed by atoms with E-state index in [1.807, 2.05) is 13.8 Å². The predicted molar refractivity (Wildman–Crippen MR) is 77.7 cm³/mol. The molecular weight excluding hydrogens is 318 g/mol. The molecule has 116 valence electrons. The van der Waals surface area contributed by atoms with Gasteiger partial charge >= 0.3 is 0 Å². The van der Waals surface area contributed by atoms with Gasteiger partial charge in [0.1, 0.15) is 13.2 Å². The van der Waals surface area contributed by atoms with Crippen molar-refractivity contribution in [2.45, 2.75) is 18.7 Å². The monoisotopic (exact) mass is 333 g/mol. The van der Waals surface area contributed by atoms with Crippen LogP contribution in [0, 0.1) is 0 Å². The van der Waals surface area contributed by atoms with Crippen molar-refractivity contribution < 1.29 is 22.7 Å². The summed E-state index contributed by atoms with van der Waals surface area (Å²) in [5, 5.41) is 0. The second-order valence-electron chi connectivity index (χ2n) is 4.41. The molecule has 2 rings (SSSR count). The molecule has 0 aliphatic carbocycles. The SMILES string of the molecule is CCN(CC)C(=O)c1cc(S(=O)(=O)Cl)cc2c1OCCO2. The number of hydrogen-bond donors (Lipinski definition) is 0. The van der Waals surface area contributed by atoms with Crippen LogP contribution in [0.2, 0.25) is 0 Å². The Morgan fingerprint density at radius 1 is 1.24 bits per heavy atom. The van der Waals surface area contributed by atoms with Crippen molar-refractivity contribution in [2.75, 3.05) is 26.3 Å². The van der Waals surface area contributed by atoms with Gasteiger partial charge in [0.2, 0.25) is 0 Å². The average molecular weight is 334 g/mol. The third kappa shape index (κ3) is 3.24. The highest BCUT2D eigenvalue weighted by Crippen LogP contribution is 2.38. The fraction of sp³-hybridized carbons (Fsp3) is 0.462. The summed E-state index contributed by atoms with van der Waals surface area (Å²) in [6, 6.07) is 2.51. The Hall–Kier alpha value is -1.47. The second-order valence-corrected chi connectivity index (χ2v) is 6.98. The third-order valence-electron chi connectivity index (χ3n) is 3.18. The summed E-state index contributed by atoms with van der Waals surface area (Å²) in [6.07, 6.45) is 0. The van der Waals surface area contributed by atoms with E-state index in [0.29, 0.717) is 19.7 Å². The van der Waals surface area contributed by atoms with Crippen molar-refractivity contribution in [1.29, 1.82) is 0 Å². The Bertz CT molecular complexity index is 655. The highest BCUT2D eigenvalue weighted by atomic mass is 35.7. The van der Waals surface area contributed by atoms with E-state index in [4.69, 9.17) is 20.2 Å². The number of halogens is 1. The van der Waals surface area contributed by atoms with E-state index in [0.717, 1.165) is 0 Å². The van der Waals surface area contributed by atoms with E-state index in [9.17, 15) is 13.2 Å². The fourth-order valence-electron chi connectivity index (χ4n) is 2.11. The summed E-state index contributed by atoms with van der Waals surface area (Å²) in [4.78, 5) is 13.9. The first-order valence-corrected chi connectivity index (χ1v) is 8.87. The number of carbonyl (C=O) groups excluding carboxylic acids is 1. The first kappa shape index (κ1) is 15.9. The van der Waals surface area contributed by atoms with Gasteiger partial charge in [-0.25, -0.2) is 8.42 Å². The van der Waals surface area contributed by atoms with Crippen molar-refractivity contribution in [2.24, 2.45) is 0 Å². The molecule has 0 saturated carbocycles. The van der Waals surface area contributed by atoms with Crippen LogP contribution in [0.4, 0.5) is 0 Å². The normalized spacial score (nSPS) is 13.9. The summed E-state index contributed by atoms with van der Waals surface area (Å²) < 4.78 is 33.9. The molecule has 0 N–H and O–H groups in total. The smallest absolute Gasteiger partial charge is 0.261 e. The van der Waals surface area contributed by atoms with Crippen LogP contribution in [0.15, 0.2) is 17.0 Å². The molecular formula is C13H16ClNO5S. The maximum atomic E-state index is 12.5. The zero-order chi connectivity index (χ0) is 15.6. The van der Waals surface area contributed by atoms with Crippen LogP contribution in [-0.2, 0) is 9.05 Å². The van der Waals surface area contributed by atoms with E-state index in [-0.39, 0.29) is 34.5 Å². The van der Waals surface area contributed by atoms with Crippen LogP contribution in [0.25, 0.3) is 0 Å². The van der Waals surface area contributed by atoms with Gasteiger partial charge in [0.05, 0.1) is 10.5 Å². The van der Waals surface area contributed by atoms with Crippen LogP contribution in [-0.4, -0.2) is 45.5 Å². The molecule has 8 heteroatoms. The number of benzene rings is 1. The van der Waals surface area contributed by atoms with Gasteiger partial charge in [0, 0.05) is 29.8 Å². The molecule has 0 saturated heterocycles. The molecule has 1 aliphatic rings. The molecule has 1 amide bonds. The lowest BCUT2D eigenvalue weighted by Gasteiger charge is -2.24. The quantitative estimate of drug-likeness (QED) is 0.786. The van der Waals surface area contributed by atoms with Gasteiger partial charge in [-0.15, -0.1) is 0 Å². The van der Waals surface area contributed by atoms with Crippen molar-refractivity contribution in [3.8, 4) is 11.5 Å². The molecule has 0 spiro atoms. The Morgan fingerprint density at radius 2 is 1.86 bits per heavy atom. The van der Waals surface area contributed by atoms with Gasteiger partial charge < -0.3 is 14.4 Å². The Balaban J connectivity index is 2.60. The number of rotatable bonds is 4. The molecule has 1 aromatic rings. The zero-order valence-electron chi connectivity index (χ0n) is 11.8. The van der Waals surface area contributed by atoms with Crippen molar-refractivity contribution in [3.63, 3.8) is 0 Å². The molecule has 1 aromatic carbocycles. The molecule has 6 nitrogen and oxygen atoms in total. The summed E-state index contributed by atoms with van der Waals surface area (Å²) >= 11 is 0. The minimum Gasteiger partial charge on any atom is -0.486 e. The van der Waals surface area contributed by atoms with Crippen LogP contribution in [0.5, 0.6) is 11.5 Å². The van der Waals surface area contributed by atoms with Crippen molar-refractivity contribution in [1.82, 2.24) is 4.90 Å². The molecule has 0 fully saturated rings. The van der Waals surface area contributed by atoms with E-state index in [1.165, 1.54) is 12.1 Å². The van der Waals surface area contributed by atoms with Crippen LogP contribution in [0.1, 0.15) is 24.2 Å². The maximum Gasteiger partial charge on any atom is 0.261 e. The lowest BCUT2D eigenvalue weighted by Crippen LogP contribution is -2.31. The number of hydrogen-bond acceptors (Lipinski definition) is 5. The number of carbonyl (C=O) groups is 1. The Labute approximate surface area is 128 Å². The topological polar surface area (TPSA) is 72.9 Å². The third-order valence-corrected chi connectivity index (χ3v) is 4.51. The molecule has 0 radical (unpaired) electrons. The number of ether oxygens (including phenoxy) is 2. The maximum absolute atomic E-state index is 12.5. The standard InChI is InChI=1S/C13H16ClNO5S/c1-3-15(4-2)13(16)10-7-9(21(14,17)18)8-11-12(10)20-6-5-19-11/h7-8H,3-6H2,1-2H3. The Morgan fingerprint density at radius 3 is 2.43 bits per heavy atom. The van der Waals surface area contributed by atoms with Crippen LogP contribution >= 0.6 is 10.7 Å². The molecule has 1 aliphatic heterocycles.